The third kappa shape index (κ3) is 8.26. The molecular formula is C12H22O4. The van der Waals surface area contributed by atoms with Gasteiger partial charge in [-0.25, -0.2) is 0 Å². The van der Waals surface area contributed by atoms with Gasteiger partial charge in [0.05, 0.1) is 6.61 Å². The van der Waals surface area contributed by atoms with Crippen molar-refractivity contribution in [3.8, 4) is 0 Å². The van der Waals surface area contributed by atoms with Gasteiger partial charge < -0.3 is 9.47 Å². The maximum atomic E-state index is 11.3. The standard InChI is InChI=1S/C12H22O4/c1-9(2)8-15-11(14)6-7-12(4,5)16-10(3)13/h9H,6-8H2,1-5H3. The molecule has 16 heavy (non-hydrogen) atoms. The van der Waals surface area contributed by atoms with E-state index >= 15 is 0 Å². The molecule has 0 saturated heterocycles. The van der Waals surface area contributed by atoms with Gasteiger partial charge in [-0.1, -0.05) is 13.8 Å². The first-order chi connectivity index (χ1) is 7.23. The van der Waals surface area contributed by atoms with Crippen molar-refractivity contribution in [2.24, 2.45) is 5.92 Å². The molecule has 94 valence electrons. The molecule has 0 amide bonds. The molecule has 0 bridgehead atoms. The molecule has 0 aromatic rings. The SMILES string of the molecule is CC(=O)OC(C)(C)CCC(=O)OCC(C)C. The van der Waals surface area contributed by atoms with Gasteiger partial charge in [0.15, 0.2) is 0 Å². The lowest BCUT2D eigenvalue weighted by atomic mass is 10.0. The third-order valence-corrected chi connectivity index (χ3v) is 1.93. The van der Waals surface area contributed by atoms with Gasteiger partial charge in [-0.15, -0.1) is 0 Å². The molecule has 0 aromatic carbocycles. The Morgan fingerprint density at radius 1 is 1.25 bits per heavy atom. The lowest BCUT2D eigenvalue weighted by Gasteiger charge is -2.23. The summed E-state index contributed by atoms with van der Waals surface area (Å²) >= 11 is 0. The molecule has 0 aromatic heterocycles. The Bertz CT molecular complexity index is 243. The van der Waals surface area contributed by atoms with E-state index in [4.69, 9.17) is 9.47 Å². The molecule has 0 heterocycles. The van der Waals surface area contributed by atoms with Crippen LogP contribution in [0.3, 0.4) is 0 Å². The smallest absolute Gasteiger partial charge is 0.305 e. The molecule has 0 aliphatic rings. The summed E-state index contributed by atoms with van der Waals surface area (Å²) in [7, 11) is 0. The summed E-state index contributed by atoms with van der Waals surface area (Å²) < 4.78 is 10.1. The Balaban J connectivity index is 3.86. The molecule has 0 aliphatic carbocycles. The van der Waals surface area contributed by atoms with Crippen molar-refractivity contribution in [2.45, 2.75) is 53.1 Å². The van der Waals surface area contributed by atoms with E-state index in [9.17, 15) is 9.59 Å². The van der Waals surface area contributed by atoms with Crippen LogP contribution in [0.4, 0.5) is 0 Å². The molecule has 0 atom stereocenters. The second-order valence-electron chi connectivity index (χ2n) is 4.93. The molecule has 4 heteroatoms. The molecule has 4 nitrogen and oxygen atoms in total. The fraction of sp³-hybridized carbons (Fsp3) is 0.833. The molecule has 0 radical (unpaired) electrons. The van der Waals surface area contributed by atoms with E-state index in [-0.39, 0.29) is 18.4 Å². The average Bonchev–Trinajstić information content (AvgIpc) is 2.09. The average molecular weight is 230 g/mol. The predicted molar refractivity (Wildman–Crippen MR) is 60.9 cm³/mol. The van der Waals surface area contributed by atoms with E-state index in [1.807, 2.05) is 13.8 Å². The molecule has 0 rings (SSSR count). The van der Waals surface area contributed by atoms with Gasteiger partial charge in [-0.3, -0.25) is 9.59 Å². The van der Waals surface area contributed by atoms with Crippen molar-refractivity contribution in [1.82, 2.24) is 0 Å². The monoisotopic (exact) mass is 230 g/mol. The van der Waals surface area contributed by atoms with E-state index in [1.165, 1.54) is 6.92 Å². The molecule has 0 saturated carbocycles. The first-order valence-electron chi connectivity index (χ1n) is 5.58. The predicted octanol–water partition coefficient (Wildman–Crippen LogP) is 2.31. The Hall–Kier alpha value is -1.06. The van der Waals surface area contributed by atoms with Crippen LogP contribution in [-0.4, -0.2) is 24.1 Å². The van der Waals surface area contributed by atoms with Crippen LogP contribution in [0.5, 0.6) is 0 Å². The van der Waals surface area contributed by atoms with Crippen molar-refractivity contribution in [3.05, 3.63) is 0 Å². The Morgan fingerprint density at radius 3 is 2.25 bits per heavy atom. The number of carbonyl (C=O) groups excluding carboxylic acids is 2. The number of esters is 2. The van der Waals surface area contributed by atoms with E-state index in [1.54, 1.807) is 13.8 Å². The van der Waals surface area contributed by atoms with Crippen molar-refractivity contribution >= 4 is 11.9 Å². The lowest BCUT2D eigenvalue weighted by Crippen LogP contribution is -2.28. The van der Waals surface area contributed by atoms with Crippen LogP contribution >= 0.6 is 0 Å². The maximum absolute atomic E-state index is 11.3. The zero-order valence-electron chi connectivity index (χ0n) is 10.8. The molecule has 0 aliphatic heterocycles. The normalized spacial score (nSPS) is 11.4. The highest BCUT2D eigenvalue weighted by molar-refractivity contribution is 5.69. The minimum absolute atomic E-state index is 0.242. The number of ether oxygens (including phenoxy) is 2. The van der Waals surface area contributed by atoms with Crippen molar-refractivity contribution in [1.29, 1.82) is 0 Å². The van der Waals surface area contributed by atoms with Gasteiger partial charge in [-0.2, -0.15) is 0 Å². The highest BCUT2D eigenvalue weighted by atomic mass is 16.6. The highest BCUT2D eigenvalue weighted by Gasteiger charge is 2.22. The second kappa shape index (κ2) is 6.51. The van der Waals surface area contributed by atoms with Crippen LogP contribution < -0.4 is 0 Å². The van der Waals surface area contributed by atoms with Gasteiger partial charge in [0.2, 0.25) is 0 Å². The van der Waals surface area contributed by atoms with Gasteiger partial charge in [0.25, 0.3) is 0 Å². The molecule has 0 spiro atoms. The minimum atomic E-state index is -0.608. The zero-order valence-corrected chi connectivity index (χ0v) is 10.8. The Labute approximate surface area is 97.3 Å². The third-order valence-electron chi connectivity index (χ3n) is 1.93. The summed E-state index contributed by atoms with van der Waals surface area (Å²) in [5, 5.41) is 0. The summed E-state index contributed by atoms with van der Waals surface area (Å²) in [5.41, 5.74) is -0.608. The van der Waals surface area contributed by atoms with E-state index < -0.39 is 5.60 Å². The van der Waals surface area contributed by atoms with Crippen LogP contribution in [0.1, 0.15) is 47.5 Å². The summed E-state index contributed by atoms with van der Waals surface area (Å²) in [5.74, 6) is -0.236. The molecule has 0 fully saturated rings. The number of rotatable bonds is 6. The van der Waals surface area contributed by atoms with Crippen molar-refractivity contribution < 1.29 is 19.1 Å². The topological polar surface area (TPSA) is 52.6 Å². The highest BCUT2D eigenvalue weighted by Crippen LogP contribution is 2.17. The van der Waals surface area contributed by atoms with E-state index in [2.05, 4.69) is 0 Å². The lowest BCUT2D eigenvalue weighted by molar-refractivity contribution is -0.157. The fourth-order valence-corrected chi connectivity index (χ4v) is 1.17. The Kier molecular flexibility index (Phi) is 6.08. The number of hydrogen-bond acceptors (Lipinski definition) is 4. The van der Waals surface area contributed by atoms with Gasteiger partial charge >= 0.3 is 11.9 Å². The number of hydrogen-bond donors (Lipinski definition) is 0. The van der Waals surface area contributed by atoms with Crippen LogP contribution in [0.2, 0.25) is 0 Å². The fourth-order valence-electron chi connectivity index (χ4n) is 1.17. The van der Waals surface area contributed by atoms with Crippen LogP contribution in [0.15, 0.2) is 0 Å². The minimum Gasteiger partial charge on any atom is -0.465 e. The summed E-state index contributed by atoms with van der Waals surface area (Å²) in [4.78, 5) is 22.1. The van der Waals surface area contributed by atoms with E-state index in [0.717, 1.165) is 0 Å². The quantitative estimate of drug-likeness (QED) is 0.657. The Morgan fingerprint density at radius 2 is 1.81 bits per heavy atom. The summed E-state index contributed by atoms with van der Waals surface area (Å²) in [6, 6.07) is 0. The van der Waals surface area contributed by atoms with Gasteiger partial charge in [0, 0.05) is 13.3 Å². The number of carbonyl (C=O) groups is 2. The van der Waals surface area contributed by atoms with Gasteiger partial charge in [0.1, 0.15) is 5.60 Å². The van der Waals surface area contributed by atoms with Crippen molar-refractivity contribution in [2.75, 3.05) is 6.61 Å². The van der Waals surface area contributed by atoms with Crippen molar-refractivity contribution in [3.63, 3.8) is 0 Å². The van der Waals surface area contributed by atoms with Crippen LogP contribution in [0, 0.1) is 5.92 Å². The van der Waals surface area contributed by atoms with Gasteiger partial charge in [-0.05, 0) is 26.2 Å². The first kappa shape index (κ1) is 14.9. The van der Waals surface area contributed by atoms with Crippen LogP contribution in [0.25, 0.3) is 0 Å². The largest absolute Gasteiger partial charge is 0.465 e. The molecule has 0 unspecified atom stereocenters. The summed E-state index contributed by atoms with van der Waals surface area (Å²) in [6.07, 6.45) is 0.747. The molecular weight excluding hydrogens is 208 g/mol. The van der Waals surface area contributed by atoms with Crippen LogP contribution in [-0.2, 0) is 19.1 Å². The maximum Gasteiger partial charge on any atom is 0.305 e. The zero-order chi connectivity index (χ0) is 12.8. The first-order valence-corrected chi connectivity index (χ1v) is 5.58. The molecule has 0 N–H and O–H groups in total. The van der Waals surface area contributed by atoms with E-state index in [0.29, 0.717) is 18.9 Å². The second-order valence-corrected chi connectivity index (χ2v) is 4.93. The summed E-state index contributed by atoms with van der Waals surface area (Å²) in [6.45, 7) is 9.33.